The van der Waals surface area contributed by atoms with Gasteiger partial charge in [-0.05, 0) is 0 Å². The molecule has 0 spiro atoms. The highest BCUT2D eigenvalue weighted by atomic mass is 16.6. The Hall–Kier alpha value is -0.410. The summed E-state index contributed by atoms with van der Waals surface area (Å²) < 4.78 is 0. The fourth-order valence-corrected chi connectivity index (χ4v) is 0.195. The minimum Gasteiger partial charge on any atom is -0.297 e. The summed E-state index contributed by atoms with van der Waals surface area (Å²) >= 11 is 0. The van der Waals surface area contributed by atoms with Crippen molar-refractivity contribution in [3.8, 4) is 0 Å². The molecule has 0 heterocycles. The summed E-state index contributed by atoms with van der Waals surface area (Å²) in [4.78, 5) is 14.3. The van der Waals surface area contributed by atoms with Gasteiger partial charge in [0.2, 0.25) is 0 Å². The van der Waals surface area contributed by atoms with Crippen molar-refractivity contribution in [2.45, 2.75) is 13.3 Å². The first-order chi connectivity index (χ1) is 3.31. The van der Waals surface area contributed by atoms with E-state index in [2.05, 4.69) is 10.7 Å². The van der Waals surface area contributed by atoms with Gasteiger partial charge in [0, 0.05) is 7.85 Å². The van der Waals surface area contributed by atoms with E-state index < -0.39 is 0 Å². The first-order valence-electron chi connectivity index (χ1n) is 2.14. The van der Waals surface area contributed by atoms with Gasteiger partial charge in [0.05, 0.1) is 0 Å². The summed E-state index contributed by atoms with van der Waals surface area (Å²) in [5.41, 5.74) is 0. The highest BCUT2D eigenvalue weighted by Gasteiger charge is 1.92. The lowest BCUT2D eigenvalue weighted by molar-refractivity contribution is -0.123. The first kappa shape index (κ1) is 6.59. The van der Waals surface area contributed by atoms with Crippen LogP contribution in [0.4, 0.5) is 0 Å². The highest BCUT2D eigenvalue weighted by Crippen LogP contribution is 1.76. The van der Waals surface area contributed by atoms with Crippen LogP contribution in [0.15, 0.2) is 0 Å². The molecule has 0 aliphatic carbocycles. The Kier molecular flexibility index (Phi) is 3.55. The van der Waals surface area contributed by atoms with E-state index in [0.717, 1.165) is 0 Å². The molecule has 0 saturated heterocycles. The SMILES string of the molecule is CCC(=O)CON.[HH]. The minimum atomic E-state index is 0. The Labute approximate surface area is 43.9 Å². The molecule has 3 heteroatoms. The molecule has 0 amide bonds. The number of hydrogen-bond donors (Lipinski definition) is 1. The molecule has 0 aromatic heterocycles. The van der Waals surface area contributed by atoms with E-state index in [1.54, 1.807) is 6.92 Å². The fourth-order valence-electron chi connectivity index (χ4n) is 0.195. The average Bonchev–Trinajstić information content (AvgIpc) is 1.68. The van der Waals surface area contributed by atoms with Crippen molar-refractivity contribution in [2.75, 3.05) is 6.61 Å². The molecule has 0 atom stereocenters. The van der Waals surface area contributed by atoms with Crippen LogP contribution < -0.4 is 5.90 Å². The maximum Gasteiger partial charge on any atom is 0.160 e. The smallest absolute Gasteiger partial charge is 0.160 e. The fraction of sp³-hybridized carbons (Fsp3) is 0.750. The molecule has 0 aliphatic heterocycles. The van der Waals surface area contributed by atoms with Gasteiger partial charge >= 0.3 is 0 Å². The van der Waals surface area contributed by atoms with Crippen molar-refractivity contribution in [2.24, 2.45) is 5.90 Å². The highest BCUT2D eigenvalue weighted by molar-refractivity contribution is 5.79. The minimum absolute atomic E-state index is 0. The largest absolute Gasteiger partial charge is 0.297 e. The molecule has 0 aromatic carbocycles. The molecule has 0 aliphatic rings. The van der Waals surface area contributed by atoms with Crippen molar-refractivity contribution in [3.05, 3.63) is 0 Å². The van der Waals surface area contributed by atoms with E-state index in [-0.39, 0.29) is 13.8 Å². The van der Waals surface area contributed by atoms with Crippen LogP contribution in [0.1, 0.15) is 14.8 Å². The van der Waals surface area contributed by atoms with Gasteiger partial charge in [-0.25, -0.2) is 5.90 Å². The number of Topliss-reactive ketones (excluding diaryl/α,β-unsaturated/α-hetero) is 1. The number of hydrogen-bond acceptors (Lipinski definition) is 3. The summed E-state index contributed by atoms with van der Waals surface area (Å²) in [5, 5.41) is 0. The molecule has 0 fully saturated rings. The van der Waals surface area contributed by atoms with Crippen LogP contribution in [0.3, 0.4) is 0 Å². The lowest BCUT2D eigenvalue weighted by atomic mass is 10.3. The van der Waals surface area contributed by atoms with Gasteiger partial charge in [-0.3, -0.25) is 9.63 Å². The number of ketones is 1. The van der Waals surface area contributed by atoms with Gasteiger partial charge in [0.1, 0.15) is 6.61 Å². The third-order valence-electron chi connectivity index (χ3n) is 0.639. The van der Waals surface area contributed by atoms with Gasteiger partial charge in [-0.2, -0.15) is 0 Å². The third kappa shape index (κ3) is 3.42. The van der Waals surface area contributed by atoms with E-state index in [1.807, 2.05) is 0 Å². The summed E-state index contributed by atoms with van der Waals surface area (Å²) in [6.07, 6.45) is 0.497. The second kappa shape index (κ2) is 3.77. The molecule has 0 rings (SSSR count). The summed E-state index contributed by atoms with van der Waals surface area (Å²) in [6.45, 7) is 1.80. The van der Waals surface area contributed by atoms with Crippen LogP contribution >= 0.6 is 0 Å². The Morgan fingerprint density at radius 2 is 2.57 bits per heavy atom. The third-order valence-corrected chi connectivity index (χ3v) is 0.639. The van der Waals surface area contributed by atoms with Gasteiger partial charge < -0.3 is 0 Å². The molecule has 0 radical (unpaired) electrons. The Bertz CT molecular complexity index is 67.1. The maximum atomic E-state index is 10.2. The average molecular weight is 105 g/mol. The van der Waals surface area contributed by atoms with E-state index in [0.29, 0.717) is 6.42 Å². The molecule has 2 N–H and O–H groups in total. The summed E-state index contributed by atoms with van der Waals surface area (Å²) in [6, 6.07) is 0. The molecule has 0 unspecified atom stereocenters. The monoisotopic (exact) mass is 105 g/mol. The van der Waals surface area contributed by atoms with Crippen LogP contribution in [0.2, 0.25) is 0 Å². The molecule has 0 aromatic rings. The number of carbonyl (C=O) groups is 1. The van der Waals surface area contributed by atoms with Crippen LogP contribution in [-0.2, 0) is 9.63 Å². The van der Waals surface area contributed by atoms with Crippen LogP contribution in [-0.4, -0.2) is 12.4 Å². The van der Waals surface area contributed by atoms with Crippen molar-refractivity contribution in [1.82, 2.24) is 0 Å². The zero-order chi connectivity index (χ0) is 5.70. The zero-order valence-corrected chi connectivity index (χ0v) is 4.31. The Morgan fingerprint density at radius 1 is 2.00 bits per heavy atom. The van der Waals surface area contributed by atoms with Gasteiger partial charge in [0.25, 0.3) is 0 Å². The predicted octanol–water partition coefficient (Wildman–Crippen LogP) is 0.102. The molecule has 7 heavy (non-hydrogen) atoms. The Balaban J connectivity index is 0. The molecular formula is C4H11NO2. The number of nitrogens with two attached hydrogens (primary N) is 1. The summed E-state index contributed by atoms with van der Waals surface area (Å²) in [7, 11) is 0. The topological polar surface area (TPSA) is 52.3 Å². The molecule has 0 bridgehead atoms. The van der Waals surface area contributed by atoms with E-state index in [1.165, 1.54) is 0 Å². The standard InChI is InChI=1S/C4H9NO2.H2/c1-2-4(6)3-7-5;/h2-3,5H2,1H3;1H. The number of rotatable bonds is 3. The normalized spacial score (nSPS) is 8.86. The van der Waals surface area contributed by atoms with Crippen LogP contribution in [0, 0.1) is 0 Å². The molecule has 3 nitrogen and oxygen atoms in total. The van der Waals surface area contributed by atoms with Crippen molar-refractivity contribution in [1.29, 1.82) is 0 Å². The van der Waals surface area contributed by atoms with Crippen molar-refractivity contribution >= 4 is 5.78 Å². The quantitative estimate of drug-likeness (QED) is 0.518. The van der Waals surface area contributed by atoms with E-state index in [9.17, 15) is 4.79 Å². The molecular weight excluding hydrogens is 94.0 g/mol. The second-order valence-corrected chi connectivity index (χ2v) is 1.20. The van der Waals surface area contributed by atoms with Crippen molar-refractivity contribution < 1.29 is 11.1 Å². The predicted molar refractivity (Wildman–Crippen MR) is 27.6 cm³/mol. The van der Waals surface area contributed by atoms with Crippen LogP contribution in [0.5, 0.6) is 0 Å². The summed E-state index contributed by atoms with van der Waals surface area (Å²) in [5.74, 6) is 4.61. The Morgan fingerprint density at radius 3 is 2.71 bits per heavy atom. The lowest BCUT2D eigenvalue weighted by Crippen LogP contribution is -2.10. The van der Waals surface area contributed by atoms with Gasteiger partial charge in [-0.15, -0.1) is 0 Å². The lowest BCUT2D eigenvalue weighted by Gasteiger charge is -1.89. The van der Waals surface area contributed by atoms with E-state index >= 15 is 0 Å². The molecule has 44 valence electrons. The van der Waals surface area contributed by atoms with E-state index in [4.69, 9.17) is 0 Å². The van der Waals surface area contributed by atoms with Crippen LogP contribution in [0.25, 0.3) is 0 Å². The zero-order valence-electron chi connectivity index (χ0n) is 4.31. The first-order valence-corrected chi connectivity index (χ1v) is 2.14. The number of carbonyl (C=O) groups excluding carboxylic acids is 1. The van der Waals surface area contributed by atoms with Crippen molar-refractivity contribution in [3.63, 3.8) is 0 Å². The van der Waals surface area contributed by atoms with Gasteiger partial charge in [-0.1, -0.05) is 6.92 Å². The second-order valence-electron chi connectivity index (χ2n) is 1.20. The van der Waals surface area contributed by atoms with Gasteiger partial charge in [0.15, 0.2) is 5.78 Å². The maximum absolute atomic E-state index is 10.2. The molecule has 0 saturated carbocycles.